The Morgan fingerprint density at radius 2 is 1.53 bits per heavy atom. The Morgan fingerprint density at radius 3 is 2.13 bits per heavy atom. The largest absolute Gasteiger partial charge is 0.496 e. The van der Waals surface area contributed by atoms with Gasteiger partial charge in [-0.1, -0.05) is 92.8 Å². The third-order valence-electron chi connectivity index (χ3n) is 7.62. The van der Waals surface area contributed by atoms with E-state index in [2.05, 4.69) is 40.8 Å². The summed E-state index contributed by atoms with van der Waals surface area (Å²) in [7, 11) is 3.42. The smallest absolute Gasteiger partial charge is 0.235 e. The van der Waals surface area contributed by atoms with Gasteiger partial charge in [-0.3, -0.25) is 5.43 Å². The minimum atomic E-state index is -0.269. The van der Waals surface area contributed by atoms with Crippen LogP contribution in [0.1, 0.15) is 66.9 Å². The Morgan fingerprint density at radius 1 is 0.895 bits per heavy atom. The molecule has 0 aromatic heterocycles. The van der Waals surface area contributed by atoms with Gasteiger partial charge in [-0.05, 0) is 37.0 Å². The van der Waals surface area contributed by atoms with Crippen LogP contribution in [0.3, 0.4) is 0 Å². The van der Waals surface area contributed by atoms with Crippen molar-refractivity contribution in [2.24, 2.45) is 15.9 Å². The van der Waals surface area contributed by atoms with Gasteiger partial charge in [-0.2, -0.15) is 5.01 Å². The molecule has 2 aliphatic rings. The lowest BCUT2D eigenvalue weighted by molar-refractivity contribution is 0.164. The van der Waals surface area contributed by atoms with Crippen molar-refractivity contribution in [3.05, 3.63) is 95.1 Å². The van der Waals surface area contributed by atoms with Gasteiger partial charge in [0.05, 0.1) is 19.9 Å². The highest BCUT2D eigenvalue weighted by Crippen LogP contribution is 2.38. The first-order valence-electron chi connectivity index (χ1n) is 13.7. The number of nitrogens with one attached hydrogen (secondary N) is 1. The van der Waals surface area contributed by atoms with E-state index in [1.807, 2.05) is 49.4 Å². The number of methoxy groups -OCH3 is 2. The third kappa shape index (κ3) is 5.91. The van der Waals surface area contributed by atoms with Crippen LogP contribution >= 0.6 is 0 Å². The Hall–Kier alpha value is -3.64. The molecule has 0 spiro atoms. The molecular weight excluding hydrogens is 472 g/mol. The zero-order valence-corrected chi connectivity index (χ0v) is 22.7. The predicted molar refractivity (Wildman–Crippen MR) is 154 cm³/mol. The number of nitrogens with zero attached hydrogens (tertiary/aromatic N) is 3. The summed E-state index contributed by atoms with van der Waals surface area (Å²) >= 11 is 0. The molecule has 1 unspecified atom stereocenters. The van der Waals surface area contributed by atoms with Crippen molar-refractivity contribution >= 4 is 11.7 Å². The van der Waals surface area contributed by atoms with Gasteiger partial charge in [0.15, 0.2) is 6.17 Å². The standard InChI is InChI=1S/C32H38N4O2/c1-23-21-29(38-3)27(22-28(23)37-2)31-34-32(35-36(31)20-19-24-13-7-4-8-14-24)33-30(25-15-9-5-10-16-25)26-17-11-6-12-18-26/h5-6,9-12,15-18,21-22,24,31H,4,7-8,13-14,19-20H2,1-3H3,(H,34,35). The van der Waals surface area contributed by atoms with E-state index in [4.69, 9.17) is 19.5 Å². The van der Waals surface area contributed by atoms with E-state index in [0.29, 0.717) is 5.96 Å². The maximum Gasteiger partial charge on any atom is 0.235 e. The van der Waals surface area contributed by atoms with Crippen LogP contribution in [0.2, 0.25) is 0 Å². The van der Waals surface area contributed by atoms with Gasteiger partial charge >= 0.3 is 0 Å². The molecule has 38 heavy (non-hydrogen) atoms. The quantitative estimate of drug-likeness (QED) is 0.343. The van der Waals surface area contributed by atoms with Gasteiger partial charge < -0.3 is 9.47 Å². The van der Waals surface area contributed by atoms with E-state index in [1.165, 1.54) is 32.1 Å². The van der Waals surface area contributed by atoms with E-state index < -0.39 is 0 Å². The molecule has 5 rings (SSSR count). The molecular formula is C32H38N4O2. The molecule has 1 fully saturated rings. The maximum absolute atomic E-state index is 5.82. The van der Waals surface area contributed by atoms with Crippen molar-refractivity contribution in [1.29, 1.82) is 0 Å². The Labute approximate surface area is 226 Å². The number of aryl methyl sites for hydroxylation is 1. The number of hydrogen-bond acceptors (Lipinski definition) is 6. The molecule has 0 amide bonds. The number of ether oxygens (including phenoxy) is 2. The van der Waals surface area contributed by atoms with Crippen LogP contribution in [0.5, 0.6) is 11.5 Å². The molecule has 3 aromatic carbocycles. The van der Waals surface area contributed by atoms with E-state index in [0.717, 1.165) is 58.3 Å². The fourth-order valence-electron chi connectivity index (χ4n) is 5.54. The Kier molecular flexibility index (Phi) is 8.39. The highest BCUT2D eigenvalue weighted by Gasteiger charge is 2.31. The SMILES string of the molecule is COc1cc(C2N=C(N=C(c3ccccc3)c3ccccc3)NN2CCC2CCCCC2)c(OC)cc1C. The van der Waals surface area contributed by atoms with Crippen LogP contribution in [0, 0.1) is 12.8 Å². The van der Waals surface area contributed by atoms with Gasteiger partial charge in [-0.25, -0.2) is 9.98 Å². The number of aliphatic imine (C=N–C) groups is 2. The average Bonchev–Trinajstić information content (AvgIpc) is 3.38. The molecule has 3 aromatic rings. The number of benzene rings is 3. The normalized spacial score (nSPS) is 18.0. The second-order valence-electron chi connectivity index (χ2n) is 10.2. The number of guanidine groups is 1. The van der Waals surface area contributed by atoms with Crippen LogP contribution in [0.15, 0.2) is 82.8 Å². The van der Waals surface area contributed by atoms with Crippen LogP contribution in [0.4, 0.5) is 0 Å². The van der Waals surface area contributed by atoms with E-state index in [9.17, 15) is 0 Å². The van der Waals surface area contributed by atoms with Gasteiger partial charge in [0.25, 0.3) is 0 Å². The Bertz CT molecular complexity index is 1230. The summed E-state index contributed by atoms with van der Waals surface area (Å²) in [4.78, 5) is 10.2. The topological polar surface area (TPSA) is 58.5 Å². The molecule has 1 N–H and O–H groups in total. The average molecular weight is 511 g/mol. The lowest BCUT2D eigenvalue weighted by Gasteiger charge is -2.28. The van der Waals surface area contributed by atoms with E-state index in [1.54, 1.807) is 14.2 Å². The van der Waals surface area contributed by atoms with Crippen LogP contribution in [-0.4, -0.2) is 37.4 Å². The minimum Gasteiger partial charge on any atom is -0.496 e. The molecule has 1 heterocycles. The molecule has 1 aliphatic heterocycles. The van der Waals surface area contributed by atoms with Gasteiger partial charge in [0, 0.05) is 23.2 Å². The number of hydrazine groups is 1. The van der Waals surface area contributed by atoms with Crippen molar-refractivity contribution < 1.29 is 9.47 Å². The molecule has 0 bridgehead atoms. The van der Waals surface area contributed by atoms with Gasteiger partial charge in [-0.15, -0.1) is 0 Å². The lowest BCUT2D eigenvalue weighted by atomic mass is 9.87. The minimum absolute atomic E-state index is 0.269. The van der Waals surface area contributed by atoms with Crippen molar-refractivity contribution in [1.82, 2.24) is 10.4 Å². The maximum atomic E-state index is 5.82. The number of hydrogen-bond donors (Lipinski definition) is 1. The summed E-state index contributed by atoms with van der Waals surface area (Å²) in [5, 5.41) is 2.22. The van der Waals surface area contributed by atoms with Gasteiger partial charge in [0.2, 0.25) is 5.96 Å². The molecule has 6 nitrogen and oxygen atoms in total. The van der Waals surface area contributed by atoms with Gasteiger partial charge in [0.1, 0.15) is 11.5 Å². The lowest BCUT2D eigenvalue weighted by Crippen LogP contribution is -2.39. The zero-order valence-electron chi connectivity index (χ0n) is 22.7. The van der Waals surface area contributed by atoms with Crippen LogP contribution < -0.4 is 14.9 Å². The van der Waals surface area contributed by atoms with Crippen LogP contribution in [-0.2, 0) is 0 Å². The second-order valence-corrected chi connectivity index (χ2v) is 10.2. The molecule has 1 saturated carbocycles. The third-order valence-corrected chi connectivity index (χ3v) is 7.62. The molecule has 0 saturated heterocycles. The fraction of sp³-hybridized carbons (Fsp3) is 0.375. The predicted octanol–water partition coefficient (Wildman–Crippen LogP) is 6.70. The van der Waals surface area contributed by atoms with Crippen molar-refractivity contribution in [2.45, 2.75) is 51.6 Å². The summed E-state index contributed by atoms with van der Waals surface area (Å²) in [5.41, 5.74) is 8.54. The Balaban J connectivity index is 1.52. The van der Waals surface area contributed by atoms with Crippen molar-refractivity contribution in [3.63, 3.8) is 0 Å². The summed E-state index contributed by atoms with van der Waals surface area (Å²) in [5.74, 6) is 2.99. The molecule has 198 valence electrons. The highest BCUT2D eigenvalue weighted by atomic mass is 16.5. The first-order valence-corrected chi connectivity index (χ1v) is 13.7. The number of rotatable bonds is 8. The molecule has 6 heteroatoms. The summed E-state index contributed by atoms with van der Waals surface area (Å²) < 4.78 is 11.5. The van der Waals surface area contributed by atoms with E-state index >= 15 is 0 Å². The zero-order chi connectivity index (χ0) is 26.3. The monoisotopic (exact) mass is 510 g/mol. The second kappa shape index (κ2) is 12.3. The summed E-state index contributed by atoms with van der Waals surface area (Å²) in [6.07, 6.45) is 7.55. The summed E-state index contributed by atoms with van der Waals surface area (Å²) in [6, 6.07) is 24.7. The molecule has 0 radical (unpaired) electrons. The van der Waals surface area contributed by atoms with Crippen LogP contribution in [0.25, 0.3) is 0 Å². The highest BCUT2D eigenvalue weighted by molar-refractivity contribution is 6.17. The molecule has 1 atom stereocenters. The van der Waals surface area contributed by atoms with Crippen molar-refractivity contribution in [3.8, 4) is 11.5 Å². The summed E-state index contributed by atoms with van der Waals surface area (Å²) in [6.45, 7) is 2.91. The first kappa shape index (κ1) is 26.0. The first-order chi connectivity index (χ1) is 18.7. The fourth-order valence-corrected chi connectivity index (χ4v) is 5.54. The molecule has 1 aliphatic carbocycles. The van der Waals surface area contributed by atoms with E-state index in [-0.39, 0.29) is 6.17 Å². The van der Waals surface area contributed by atoms with Crippen molar-refractivity contribution in [2.75, 3.05) is 20.8 Å².